The predicted octanol–water partition coefficient (Wildman–Crippen LogP) is -1.01. The number of carbonyl (C=O) groups is 3. The Bertz CT molecular complexity index is 583. The number of amides is 3. The minimum absolute atomic E-state index is 0.0266. The van der Waals surface area contributed by atoms with Crippen LogP contribution >= 0.6 is 11.3 Å². The van der Waals surface area contributed by atoms with Gasteiger partial charge >= 0.3 is 0 Å². The molecule has 25 heavy (non-hydrogen) atoms. The molecular formula is C17H27N4O3S+. The van der Waals surface area contributed by atoms with E-state index in [0.29, 0.717) is 19.6 Å². The van der Waals surface area contributed by atoms with Crippen molar-refractivity contribution in [1.29, 1.82) is 0 Å². The first-order valence-corrected chi connectivity index (χ1v) is 9.57. The van der Waals surface area contributed by atoms with Gasteiger partial charge in [-0.1, -0.05) is 6.07 Å². The van der Waals surface area contributed by atoms with Crippen LogP contribution in [-0.2, 0) is 20.9 Å². The second-order valence-corrected chi connectivity index (χ2v) is 7.40. The minimum Gasteiger partial charge on any atom is -0.369 e. The predicted molar refractivity (Wildman–Crippen MR) is 95.9 cm³/mol. The quantitative estimate of drug-likeness (QED) is 0.549. The summed E-state index contributed by atoms with van der Waals surface area (Å²) in [5, 5.41) is 4.81. The number of primary amides is 1. The van der Waals surface area contributed by atoms with Gasteiger partial charge in [-0.15, -0.1) is 11.3 Å². The Morgan fingerprint density at radius 2 is 2.08 bits per heavy atom. The van der Waals surface area contributed by atoms with Gasteiger partial charge in [0.15, 0.2) is 6.54 Å². The highest BCUT2D eigenvalue weighted by molar-refractivity contribution is 7.09. The highest BCUT2D eigenvalue weighted by atomic mass is 32.1. The molecule has 0 atom stereocenters. The number of nitrogens with two attached hydrogens (primary N) is 1. The Hall–Kier alpha value is -1.93. The lowest BCUT2D eigenvalue weighted by molar-refractivity contribution is -0.898. The molecule has 3 amide bonds. The van der Waals surface area contributed by atoms with Crippen molar-refractivity contribution >= 4 is 29.1 Å². The van der Waals surface area contributed by atoms with Crippen LogP contribution < -0.4 is 16.0 Å². The lowest BCUT2D eigenvalue weighted by Crippen LogP contribution is -3.14. The van der Waals surface area contributed by atoms with Crippen LogP contribution in [0.1, 0.15) is 24.6 Å². The van der Waals surface area contributed by atoms with Crippen LogP contribution in [-0.4, -0.2) is 55.3 Å². The summed E-state index contributed by atoms with van der Waals surface area (Å²) in [4.78, 5) is 39.5. The molecular weight excluding hydrogens is 340 g/mol. The third-order valence-electron chi connectivity index (χ3n) is 4.61. The Labute approximate surface area is 152 Å². The number of rotatable bonds is 8. The fourth-order valence-electron chi connectivity index (χ4n) is 3.02. The standard InChI is InChI=1S/C17H26N4O3S/c1-2-21(11-15(22)19-10-14-4-3-9-25-14)16(23)12-20-7-5-13(6-8-20)17(18)24/h3-4,9,13H,2,5-8,10-12H2,1H3,(H2,18,24)(H,19,22)/p+1. The summed E-state index contributed by atoms with van der Waals surface area (Å²) >= 11 is 1.59. The third-order valence-corrected chi connectivity index (χ3v) is 5.48. The van der Waals surface area contributed by atoms with Gasteiger partial charge in [0.25, 0.3) is 5.91 Å². The zero-order valence-corrected chi connectivity index (χ0v) is 15.4. The molecule has 0 unspecified atom stereocenters. The first-order valence-electron chi connectivity index (χ1n) is 8.69. The molecule has 0 radical (unpaired) electrons. The van der Waals surface area contributed by atoms with E-state index in [1.807, 2.05) is 24.4 Å². The van der Waals surface area contributed by atoms with Crippen molar-refractivity contribution in [2.24, 2.45) is 11.7 Å². The number of likely N-dealkylation sites (tertiary alicyclic amines) is 1. The fraction of sp³-hybridized carbons (Fsp3) is 0.588. The normalized spacial score (nSPS) is 20.0. The monoisotopic (exact) mass is 367 g/mol. The molecule has 1 saturated heterocycles. The van der Waals surface area contributed by atoms with Gasteiger partial charge in [0.05, 0.1) is 26.2 Å². The van der Waals surface area contributed by atoms with Crippen molar-refractivity contribution in [1.82, 2.24) is 10.2 Å². The number of quaternary nitrogens is 1. The summed E-state index contributed by atoms with van der Waals surface area (Å²) in [6.07, 6.45) is 1.46. The van der Waals surface area contributed by atoms with Gasteiger partial charge in [0, 0.05) is 30.2 Å². The summed E-state index contributed by atoms with van der Waals surface area (Å²) < 4.78 is 0. The largest absolute Gasteiger partial charge is 0.369 e. The molecule has 7 nitrogen and oxygen atoms in total. The van der Waals surface area contributed by atoms with Crippen molar-refractivity contribution in [3.8, 4) is 0 Å². The zero-order valence-electron chi connectivity index (χ0n) is 14.6. The number of likely N-dealkylation sites (N-methyl/N-ethyl adjacent to an activating group) is 1. The lowest BCUT2D eigenvalue weighted by atomic mass is 9.96. The number of nitrogens with one attached hydrogen (secondary N) is 2. The van der Waals surface area contributed by atoms with Crippen LogP contribution in [0.3, 0.4) is 0 Å². The Kier molecular flexibility index (Phi) is 7.39. The van der Waals surface area contributed by atoms with Gasteiger partial charge in [-0.25, -0.2) is 0 Å². The van der Waals surface area contributed by atoms with Gasteiger partial charge in [-0.2, -0.15) is 0 Å². The molecule has 0 saturated carbocycles. The Balaban J connectivity index is 1.74. The summed E-state index contributed by atoms with van der Waals surface area (Å²) in [5.41, 5.74) is 5.33. The number of nitrogens with zero attached hydrogens (tertiary/aromatic N) is 1. The smallest absolute Gasteiger partial charge is 0.278 e. The Morgan fingerprint density at radius 1 is 1.36 bits per heavy atom. The van der Waals surface area contributed by atoms with E-state index in [4.69, 9.17) is 5.73 Å². The average Bonchev–Trinajstić information content (AvgIpc) is 3.11. The average molecular weight is 367 g/mol. The van der Waals surface area contributed by atoms with Crippen molar-refractivity contribution in [3.05, 3.63) is 22.4 Å². The maximum absolute atomic E-state index is 12.5. The number of hydrogen-bond acceptors (Lipinski definition) is 4. The number of hydrogen-bond donors (Lipinski definition) is 3. The molecule has 2 rings (SSSR count). The molecule has 8 heteroatoms. The topological polar surface area (TPSA) is 96.9 Å². The van der Waals surface area contributed by atoms with Crippen LogP contribution in [0.25, 0.3) is 0 Å². The van der Waals surface area contributed by atoms with Gasteiger partial charge in [-0.05, 0) is 18.4 Å². The van der Waals surface area contributed by atoms with Crippen LogP contribution in [0.5, 0.6) is 0 Å². The highest BCUT2D eigenvalue weighted by Crippen LogP contribution is 2.08. The molecule has 2 heterocycles. The van der Waals surface area contributed by atoms with Gasteiger partial charge < -0.3 is 20.9 Å². The second kappa shape index (κ2) is 9.53. The van der Waals surface area contributed by atoms with Crippen molar-refractivity contribution < 1.29 is 19.3 Å². The summed E-state index contributed by atoms with van der Waals surface area (Å²) in [6, 6.07) is 3.91. The maximum atomic E-state index is 12.5. The van der Waals surface area contributed by atoms with Gasteiger partial charge in [0.2, 0.25) is 11.8 Å². The summed E-state index contributed by atoms with van der Waals surface area (Å²) in [6.45, 7) is 4.84. The minimum atomic E-state index is -0.247. The van der Waals surface area contributed by atoms with Gasteiger partial charge in [-0.3, -0.25) is 14.4 Å². The first-order chi connectivity index (χ1) is 12.0. The molecule has 1 aliphatic rings. The highest BCUT2D eigenvalue weighted by Gasteiger charge is 2.28. The van der Waals surface area contributed by atoms with E-state index < -0.39 is 0 Å². The van der Waals surface area contributed by atoms with Crippen LogP contribution in [0.2, 0.25) is 0 Å². The van der Waals surface area contributed by atoms with E-state index >= 15 is 0 Å². The number of carbonyl (C=O) groups excluding carboxylic acids is 3. The molecule has 0 bridgehead atoms. The van der Waals surface area contributed by atoms with Crippen LogP contribution in [0.15, 0.2) is 17.5 Å². The van der Waals surface area contributed by atoms with E-state index in [1.165, 1.54) is 0 Å². The van der Waals surface area contributed by atoms with E-state index in [-0.39, 0.29) is 30.2 Å². The molecule has 4 N–H and O–H groups in total. The molecule has 1 aliphatic heterocycles. The van der Waals surface area contributed by atoms with Crippen molar-refractivity contribution in [3.63, 3.8) is 0 Å². The molecule has 0 aromatic carbocycles. The first kappa shape index (κ1) is 19.4. The Morgan fingerprint density at radius 3 is 2.64 bits per heavy atom. The lowest BCUT2D eigenvalue weighted by Gasteiger charge is -2.29. The van der Waals surface area contributed by atoms with Crippen molar-refractivity contribution in [2.45, 2.75) is 26.3 Å². The van der Waals surface area contributed by atoms with Crippen LogP contribution in [0, 0.1) is 5.92 Å². The van der Waals surface area contributed by atoms with E-state index in [9.17, 15) is 14.4 Å². The van der Waals surface area contributed by atoms with Crippen LogP contribution in [0.4, 0.5) is 0 Å². The number of thiophene rings is 1. The van der Waals surface area contributed by atoms with Crippen molar-refractivity contribution in [2.75, 3.05) is 32.7 Å². The molecule has 138 valence electrons. The summed E-state index contributed by atoms with van der Waals surface area (Å²) in [7, 11) is 0. The van der Waals surface area contributed by atoms with E-state index in [0.717, 1.165) is 35.7 Å². The summed E-state index contributed by atoms with van der Waals surface area (Å²) in [5.74, 6) is -0.487. The molecule has 1 fully saturated rings. The van der Waals surface area contributed by atoms with E-state index in [2.05, 4.69) is 5.32 Å². The zero-order chi connectivity index (χ0) is 18.2. The molecule has 0 spiro atoms. The number of piperidine rings is 1. The molecule has 1 aromatic rings. The maximum Gasteiger partial charge on any atom is 0.278 e. The fourth-order valence-corrected chi connectivity index (χ4v) is 3.66. The van der Waals surface area contributed by atoms with Gasteiger partial charge in [0.1, 0.15) is 0 Å². The SMILES string of the molecule is CCN(CC(=O)NCc1cccs1)C(=O)C[NH+]1CCC(C(N)=O)CC1. The van der Waals surface area contributed by atoms with E-state index in [1.54, 1.807) is 16.2 Å². The molecule has 0 aliphatic carbocycles. The second-order valence-electron chi connectivity index (χ2n) is 6.37. The third kappa shape index (κ3) is 6.13. The molecule has 1 aromatic heterocycles.